The van der Waals surface area contributed by atoms with Crippen LogP contribution in [0.5, 0.6) is 0 Å². The van der Waals surface area contributed by atoms with E-state index in [4.69, 9.17) is 0 Å². The number of hydrogen-bond acceptors (Lipinski definition) is 4. The number of benzene rings is 1. The number of amides is 1. The van der Waals surface area contributed by atoms with Gasteiger partial charge in [0, 0.05) is 12.2 Å². The zero-order valence-corrected chi connectivity index (χ0v) is 13.9. The Morgan fingerprint density at radius 3 is 2.64 bits per heavy atom. The Morgan fingerprint density at radius 2 is 2.00 bits per heavy atom. The summed E-state index contributed by atoms with van der Waals surface area (Å²) in [7, 11) is 0. The summed E-state index contributed by atoms with van der Waals surface area (Å²) in [6, 6.07) is 5.95. The lowest BCUT2D eigenvalue weighted by Crippen LogP contribution is -2.16. The minimum absolute atomic E-state index is 0.0480. The molecule has 0 aliphatic rings. The van der Waals surface area contributed by atoms with E-state index in [9.17, 15) is 4.79 Å². The van der Waals surface area contributed by atoms with Gasteiger partial charge in [0.2, 0.25) is 5.91 Å². The summed E-state index contributed by atoms with van der Waals surface area (Å²) < 4.78 is 1.93. The van der Waals surface area contributed by atoms with Crippen molar-refractivity contribution in [3.05, 3.63) is 47.8 Å². The Kier molecular flexibility index (Phi) is 5.38. The van der Waals surface area contributed by atoms with E-state index in [2.05, 4.69) is 22.1 Å². The molecule has 0 saturated heterocycles. The number of hydrogen-bond donors (Lipinski definition) is 1. The molecule has 1 heterocycles. The van der Waals surface area contributed by atoms with Gasteiger partial charge in [-0.05, 0) is 31.9 Å². The number of anilines is 1. The van der Waals surface area contributed by atoms with Crippen LogP contribution in [0.4, 0.5) is 5.69 Å². The van der Waals surface area contributed by atoms with Gasteiger partial charge in [-0.3, -0.25) is 4.79 Å². The molecule has 0 unspecified atom stereocenters. The van der Waals surface area contributed by atoms with Gasteiger partial charge in [-0.25, -0.2) is 0 Å². The molecule has 116 valence electrons. The first-order valence-corrected chi connectivity index (χ1v) is 8.01. The second-order valence-corrected chi connectivity index (χ2v) is 5.98. The van der Waals surface area contributed by atoms with Crippen LogP contribution in [0.1, 0.15) is 17.0 Å². The monoisotopic (exact) mass is 316 g/mol. The SMILES string of the molecule is C=CCn1c(C)nnc1SCC(=O)Nc1c(C)cccc1C. The van der Waals surface area contributed by atoms with Gasteiger partial charge in [0.1, 0.15) is 5.82 Å². The zero-order valence-electron chi connectivity index (χ0n) is 13.1. The third-order valence-corrected chi connectivity index (χ3v) is 4.26. The predicted octanol–water partition coefficient (Wildman–Crippen LogP) is 3.12. The Morgan fingerprint density at radius 1 is 1.32 bits per heavy atom. The lowest BCUT2D eigenvalue weighted by atomic mass is 10.1. The number of aromatic nitrogens is 3. The molecule has 1 N–H and O–H groups in total. The summed E-state index contributed by atoms with van der Waals surface area (Å²) >= 11 is 1.38. The molecule has 1 aromatic heterocycles. The molecular weight excluding hydrogens is 296 g/mol. The van der Waals surface area contributed by atoms with Crippen LogP contribution in [-0.4, -0.2) is 26.4 Å². The maximum Gasteiger partial charge on any atom is 0.234 e. The van der Waals surface area contributed by atoms with E-state index in [1.165, 1.54) is 11.8 Å². The number of carbonyl (C=O) groups excluding carboxylic acids is 1. The smallest absolute Gasteiger partial charge is 0.234 e. The predicted molar refractivity (Wildman–Crippen MR) is 90.2 cm³/mol. The molecule has 0 aliphatic heterocycles. The first-order chi connectivity index (χ1) is 10.5. The molecule has 0 radical (unpaired) electrons. The fourth-order valence-corrected chi connectivity index (χ4v) is 2.92. The van der Waals surface area contributed by atoms with Crippen LogP contribution < -0.4 is 5.32 Å². The highest BCUT2D eigenvalue weighted by Crippen LogP contribution is 2.21. The van der Waals surface area contributed by atoms with Gasteiger partial charge in [-0.1, -0.05) is 36.0 Å². The van der Waals surface area contributed by atoms with Crippen molar-refractivity contribution in [3.8, 4) is 0 Å². The van der Waals surface area contributed by atoms with Crippen molar-refractivity contribution in [2.24, 2.45) is 0 Å². The second-order valence-electron chi connectivity index (χ2n) is 5.03. The van der Waals surface area contributed by atoms with E-state index in [-0.39, 0.29) is 5.91 Å². The van der Waals surface area contributed by atoms with Crippen LogP contribution in [-0.2, 0) is 11.3 Å². The van der Waals surface area contributed by atoms with E-state index in [1.807, 2.05) is 43.5 Å². The van der Waals surface area contributed by atoms with Gasteiger partial charge in [-0.15, -0.1) is 16.8 Å². The summed E-state index contributed by atoms with van der Waals surface area (Å²) in [5, 5.41) is 11.8. The first kappa shape index (κ1) is 16.3. The Labute approximate surface area is 134 Å². The fraction of sp³-hybridized carbons (Fsp3) is 0.312. The molecule has 0 spiro atoms. The van der Waals surface area contributed by atoms with E-state index in [0.29, 0.717) is 12.3 Å². The van der Waals surface area contributed by atoms with Gasteiger partial charge in [0.15, 0.2) is 5.16 Å². The largest absolute Gasteiger partial charge is 0.325 e. The van der Waals surface area contributed by atoms with Crippen molar-refractivity contribution >= 4 is 23.4 Å². The average molecular weight is 316 g/mol. The van der Waals surface area contributed by atoms with Crippen molar-refractivity contribution < 1.29 is 4.79 Å². The molecule has 0 fully saturated rings. The number of aryl methyl sites for hydroxylation is 3. The maximum absolute atomic E-state index is 12.2. The van der Waals surface area contributed by atoms with E-state index < -0.39 is 0 Å². The summed E-state index contributed by atoms with van der Waals surface area (Å²) in [5.74, 6) is 1.06. The Hall–Kier alpha value is -2.08. The number of para-hydroxylation sites is 1. The summed E-state index contributed by atoms with van der Waals surface area (Å²) in [4.78, 5) is 12.2. The second kappa shape index (κ2) is 7.26. The van der Waals surface area contributed by atoms with Gasteiger partial charge in [0.05, 0.1) is 5.75 Å². The number of rotatable bonds is 6. The quantitative estimate of drug-likeness (QED) is 0.657. The zero-order chi connectivity index (χ0) is 16.1. The number of thioether (sulfide) groups is 1. The molecule has 5 nitrogen and oxygen atoms in total. The number of carbonyl (C=O) groups is 1. The molecular formula is C16H20N4OS. The van der Waals surface area contributed by atoms with Gasteiger partial charge >= 0.3 is 0 Å². The molecule has 0 aliphatic carbocycles. The van der Waals surface area contributed by atoms with Gasteiger partial charge < -0.3 is 9.88 Å². The number of nitrogens with zero attached hydrogens (tertiary/aromatic N) is 3. The standard InChI is InChI=1S/C16H20N4OS/c1-5-9-20-13(4)18-19-16(20)22-10-14(21)17-15-11(2)7-6-8-12(15)3/h5-8H,1,9-10H2,2-4H3,(H,17,21). The summed E-state index contributed by atoms with van der Waals surface area (Å²) in [6.45, 7) is 10.2. The van der Waals surface area contributed by atoms with Crippen molar-refractivity contribution in [1.82, 2.24) is 14.8 Å². The van der Waals surface area contributed by atoms with Crippen molar-refractivity contribution in [1.29, 1.82) is 0 Å². The maximum atomic E-state index is 12.2. The van der Waals surface area contributed by atoms with E-state index >= 15 is 0 Å². The molecule has 1 aromatic carbocycles. The highest BCUT2D eigenvalue weighted by molar-refractivity contribution is 7.99. The van der Waals surface area contributed by atoms with Crippen LogP contribution >= 0.6 is 11.8 Å². The molecule has 22 heavy (non-hydrogen) atoms. The molecule has 2 rings (SSSR count). The molecule has 0 saturated carbocycles. The Bertz CT molecular complexity index is 673. The van der Waals surface area contributed by atoms with Crippen molar-refractivity contribution in [2.75, 3.05) is 11.1 Å². The first-order valence-electron chi connectivity index (χ1n) is 7.02. The lowest BCUT2D eigenvalue weighted by Gasteiger charge is -2.11. The van der Waals surface area contributed by atoms with E-state index in [0.717, 1.165) is 27.8 Å². The van der Waals surface area contributed by atoms with E-state index in [1.54, 1.807) is 6.08 Å². The molecule has 1 amide bonds. The summed E-state index contributed by atoms with van der Waals surface area (Å²) in [6.07, 6.45) is 1.79. The molecule has 2 aromatic rings. The van der Waals surface area contributed by atoms with Crippen LogP contribution in [0, 0.1) is 20.8 Å². The fourth-order valence-electron chi connectivity index (χ4n) is 2.12. The van der Waals surface area contributed by atoms with Crippen LogP contribution in [0.3, 0.4) is 0 Å². The number of allylic oxidation sites excluding steroid dienone is 1. The third kappa shape index (κ3) is 3.76. The lowest BCUT2D eigenvalue weighted by molar-refractivity contribution is -0.113. The van der Waals surface area contributed by atoms with Crippen LogP contribution in [0.25, 0.3) is 0 Å². The third-order valence-electron chi connectivity index (χ3n) is 3.29. The molecule has 0 atom stereocenters. The van der Waals surface area contributed by atoms with Crippen molar-refractivity contribution in [2.45, 2.75) is 32.5 Å². The van der Waals surface area contributed by atoms with Crippen molar-refractivity contribution in [3.63, 3.8) is 0 Å². The van der Waals surface area contributed by atoms with Gasteiger partial charge in [0.25, 0.3) is 0 Å². The summed E-state index contributed by atoms with van der Waals surface area (Å²) in [5.41, 5.74) is 3.00. The van der Waals surface area contributed by atoms with Crippen LogP contribution in [0.15, 0.2) is 36.0 Å². The number of nitrogens with one attached hydrogen (secondary N) is 1. The molecule has 0 bridgehead atoms. The topological polar surface area (TPSA) is 59.8 Å². The molecule has 6 heteroatoms. The highest BCUT2D eigenvalue weighted by Gasteiger charge is 2.12. The van der Waals surface area contributed by atoms with Crippen LogP contribution in [0.2, 0.25) is 0 Å². The highest BCUT2D eigenvalue weighted by atomic mass is 32.2. The minimum atomic E-state index is -0.0480. The normalized spacial score (nSPS) is 10.5. The van der Waals surface area contributed by atoms with Gasteiger partial charge in [-0.2, -0.15) is 0 Å². The minimum Gasteiger partial charge on any atom is -0.325 e. The average Bonchev–Trinajstić information content (AvgIpc) is 2.82. The Balaban J connectivity index is 2.00.